The second-order valence-electron chi connectivity index (χ2n) is 4.56. The summed E-state index contributed by atoms with van der Waals surface area (Å²) in [5.74, 6) is 0. The van der Waals surface area contributed by atoms with Crippen molar-refractivity contribution in [2.24, 2.45) is 0 Å². The maximum Gasteiger partial charge on any atom is 0.297 e. The number of nitrogens with zero attached hydrogens (tertiary/aromatic N) is 2. The summed E-state index contributed by atoms with van der Waals surface area (Å²) >= 11 is 3.50. The van der Waals surface area contributed by atoms with Crippen LogP contribution in [0.4, 0.5) is 0 Å². The molecule has 0 spiro atoms. The van der Waals surface area contributed by atoms with Gasteiger partial charge in [-0.2, -0.15) is 4.98 Å². The average molecular weight is 281 g/mol. The summed E-state index contributed by atoms with van der Waals surface area (Å²) in [5, 5.41) is 0. The maximum atomic E-state index is 5.37. The van der Waals surface area contributed by atoms with E-state index in [0.29, 0.717) is 6.01 Å². The van der Waals surface area contributed by atoms with E-state index in [1.165, 1.54) is 12.8 Å². The topological polar surface area (TPSA) is 27.1 Å². The molecule has 0 amide bonds. The van der Waals surface area contributed by atoms with Crippen LogP contribution in [0.5, 0.6) is 6.01 Å². The van der Waals surface area contributed by atoms with Crippen LogP contribution in [0.1, 0.15) is 19.8 Å². The molecule has 84 valence electrons. The summed E-state index contributed by atoms with van der Waals surface area (Å²) in [6.07, 6.45) is 2.39. The first-order chi connectivity index (χ1) is 7.64. The number of fused-ring (bicyclic) bond motifs is 1. The van der Waals surface area contributed by atoms with E-state index in [0.717, 1.165) is 15.5 Å². The van der Waals surface area contributed by atoms with Crippen LogP contribution in [0.15, 0.2) is 22.7 Å². The predicted molar refractivity (Wildman–Crippen MR) is 66.9 cm³/mol. The Bertz CT molecular complexity index is 557. The Kier molecular flexibility index (Phi) is 2.05. The van der Waals surface area contributed by atoms with E-state index < -0.39 is 0 Å². The summed E-state index contributed by atoms with van der Waals surface area (Å²) in [6.45, 7) is 2.25. The first-order valence-corrected chi connectivity index (χ1v) is 6.16. The zero-order valence-electron chi connectivity index (χ0n) is 9.33. The highest BCUT2D eigenvalue weighted by Gasteiger charge is 2.42. The van der Waals surface area contributed by atoms with E-state index in [4.69, 9.17) is 4.74 Å². The van der Waals surface area contributed by atoms with Crippen LogP contribution in [-0.4, -0.2) is 16.7 Å². The predicted octanol–water partition coefficient (Wildman–Crippen LogP) is 3.32. The molecular formula is C12H13BrN2O. The molecule has 2 aromatic rings. The van der Waals surface area contributed by atoms with Crippen molar-refractivity contribution in [1.82, 2.24) is 9.55 Å². The SMILES string of the molecule is COc1nc2ccc(Br)cc2n1C1(C)CC1. The van der Waals surface area contributed by atoms with Gasteiger partial charge in [0, 0.05) is 10.0 Å². The van der Waals surface area contributed by atoms with Crippen molar-refractivity contribution in [2.75, 3.05) is 7.11 Å². The van der Waals surface area contributed by atoms with Crippen molar-refractivity contribution >= 4 is 27.0 Å². The third kappa shape index (κ3) is 1.36. The van der Waals surface area contributed by atoms with E-state index in [1.54, 1.807) is 7.11 Å². The molecule has 0 atom stereocenters. The Morgan fingerprint density at radius 2 is 2.19 bits per heavy atom. The fourth-order valence-corrected chi connectivity index (χ4v) is 2.44. The van der Waals surface area contributed by atoms with Gasteiger partial charge in [-0.3, -0.25) is 4.57 Å². The number of halogens is 1. The maximum absolute atomic E-state index is 5.37. The zero-order valence-corrected chi connectivity index (χ0v) is 10.9. The van der Waals surface area contributed by atoms with E-state index in [2.05, 4.69) is 38.5 Å². The largest absolute Gasteiger partial charge is 0.468 e. The van der Waals surface area contributed by atoms with Crippen molar-refractivity contribution in [1.29, 1.82) is 0 Å². The fraction of sp³-hybridized carbons (Fsp3) is 0.417. The molecule has 1 fully saturated rings. The molecule has 1 saturated carbocycles. The molecule has 1 aromatic heterocycles. The number of rotatable bonds is 2. The number of hydrogen-bond acceptors (Lipinski definition) is 2. The van der Waals surface area contributed by atoms with Crippen molar-refractivity contribution in [3.05, 3.63) is 22.7 Å². The molecular weight excluding hydrogens is 268 g/mol. The summed E-state index contributed by atoms with van der Waals surface area (Å²) in [5.41, 5.74) is 2.33. The van der Waals surface area contributed by atoms with Gasteiger partial charge < -0.3 is 4.74 Å². The molecule has 0 unspecified atom stereocenters. The molecule has 4 heteroatoms. The van der Waals surface area contributed by atoms with Crippen LogP contribution < -0.4 is 4.74 Å². The first-order valence-electron chi connectivity index (χ1n) is 5.36. The number of aromatic nitrogens is 2. The Hall–Kier alpha value is -1.03. The van der Waals surface area contributed by atoms with Crippen LogP contribution in [0.25, 0.3) is 11.0 Å². The zero-order chi connectivity index (χ0) is 11.3. The summed E-state index contributed by atoms with van der Waals surface area (Å²) < 4.78 is 8.67. The van der Waals surface area contributed by atoms with Gasteiger partial charge in [0.05, 0.1) is 18.1 Å². The molecule has 0 aliphatic heterocycles. The Morgan fingerprint density at radius 1 is 1.44 bits per heavy atom. The molecule has 1 heterocycles. The number of hydrogen-bond donors (Lipinski definition) is 0. The molecule has 1 aliphatic rings. The molecule has 16 heavy (non-hydrogen) atoms. The van der Waals surface area contributed by atoms with Gasteiger partial charge >= 0.3 is 0 Å². The fourth-order valence-electron chi connectivity index (χ4n) is 2.09. The number of ether oxygens (including phenoxy) is 1. The lowest BCUT2D eigenvalue weighted by Gasteiger charge is -2.14. The lowest BCUT2D eigenvalue weighted by atomic mass is 10.2. The average Bonchev–Trinajstić information content (AvgIpc) is 2.89. The minimum absolute atomic E-state index is 0.195. The van der Waals surface area contributed by atoms with Crippen LogP contribution >= 0.6 is 15.9 Å². The van der Waals surface area contributed by atoms with Gasteiger partial charge in [0.2, 0.25) is 0 Å². The minimum atomic E-state index is 0.195. The van der Waals surface area contributed by atoms with Gasteiger partial charge in [0.1, 0.15) is 0 Å². The van der Waals surface area contributed by atoms with Crippen LogP contribution in [0.3, 0.4) is 0 Å². The number of imidazole rings is 1. The van der Waals surface area contributed by atoms with Crippen LogP contribution in [0.2, 0.25) is 0 Å². The Morgan fingerprint density at radius 3 is 2.81 bits per heavy atom. The van der Waals surface area contributed by atoms with Crippen molar-refractivity contribution < 1.29 is 4.74 Å². The highest BCUT2D eigenvalue weighted by molar-refractivity contribution is 9.10. The van der Waals surface area contributed by atoms with E-state index in [1.807, 2.05) is 12.1 Å². The minimum Gasteiger partial charge on any atom is -0.468 e. The molecule has 3 rings (SSSR count). The molecule has 1 aromatic carbocycles. The summed E-state index contributed by atoms with van der Waals surface area (Å²) in [4.78, 5) is 4.50. The van der Waals surface area contributed by atoms with Crippen LogP contribution in [-0.2, 0) is 5.54 Å². The van der Waals surface area contributed by atoms with Gasteiger partial charge in [-0.15, -0.1) is 0 Å². The van der Waals surface area contributed by atoms with Crippen LogP contribution in [0, 0.1) is 0 Å². The highest BCUT2D eigenvalue weighted by atomic mass is 79.9. The second-order valence-corrected chi connectivity index (χ2v) is 5.48. The molecule has 0 saturated heterocycles. The van der Waals surface area contributed by atoms with Gasteiger partial charge in [0.25, 0.3) is 6.01 Å². The lowest BCUT2D eigenvalue weighted by molar-refractivity contribution is 0.339. The Balaban J connectivity index is 2.33. The highest BCUT2D eigenvalue weighted by Crippen LogP contribution is 2.47. The quantitative estimate of drug-likeness (QED) is 0.844. The molecule has 0 N–H and O–H groups in total. The second kappa shape index (κ2) is 3.23. The first kappa shape index (κ1) is 10.1. The van der Waals surface area contributed by atoms with Gasteiger partial charge in [-0.05, 0) is 38.0 Å². The molecule has 0 radical (unpaired) electrons. The number of benzene rings is 1. The van der Waals surface area contributed by atoms with Gasteiger partial charge in [-0.1, -0.05) is 15.9 Å². The monoisotopic (exact) mass is 280 g/mol. The third-order valence-corrected chi connectivity index (χ3v) is 3.78. The summed E-state index contributed by atoms with van der Waals surface area (Å²) in [7, 11) is 1.68. The standard InChI is InChI=1S/C12H13BrN2O/c1-12(5-6-12)15-10-7-8(13)3-4-9(10)14-11(15)16-2/h3-4,7H,5-6H2,1-2H3. The lowest BCUT2D eigenvalue weighted by Crippen LogP contribution is -2.13. The normalized spacial score (nSPS) is 17.7. The van der Waals surface area contributed by atoms with Gasteiger partial charge in [0.15, 0.2) is 0 Å². The number of methoxy groups -OCH3 is 1. The summed E-state index contributed by atoms with van der Waals surface area (Å²) in [6, 6.07) is 6.85. The molecule has 1 aliphatic carbocycles. The van der Waals surface area contributed by atoms with Crippen molar-refractivity contribution in [2.45, 2.75) is 25.3 Å². The van der Waals surface area contributed by atoms with E-state index >= 15 is 0 Å². The molecule has 3 nitrogen and oxygen atoms in total. The third-order valence-electron chi connectivity index (χ3n) is 3.28. The van der Waals surface area contributed by atoms with E-state index in [-0.39, 0.29) is 5.54 Å². The Labute approximate surface area is 103 Å². The van der Waals surface area contributed by atoms with Gasteiger partial charge in [-0.25, -0.2) is 0 Å². The van der Waals surface area contributed by atoms with Crippen molar-refractivity contribution in [3.8, 4) is 6.01 Å². The molecule has 0 bridgehead atoms. The smallest absolute Gasteiger partial charge is 0.297 e. The van der Waals surface area contributed by atoms with E-state index in [9.17, 15) is 0 Å². The van der Waals surface area contributed by atoms with Crippen molar-refractivity contribution in [3.63, 3.8) is 0 Å².